The van der Waals surface area contributed by atoms with Gasteiger partial charge in [0.1, 0.15) is 11.5 Å². The van der Waals surface area contributed by atoms with Crippen molar-refractivity contribution in [3.05, 3.63) is 83.2 Å². The van der Waals surface area contributed by atoms with E-state index < -0.39 is 5.41 Å². The molecule has 6 rings (SSSR count). The predicted octanol–water partition coefficient (Wildman–Crippen LogP) is 4.86. The molecule has 3 aromatic rings. The number of nitrogens with zero attached hydrogens (tertiary/aromatic N) is 2. The SMILES string of the molecule is COc1ccccc1C(c1ccc(CC(=O)C2(c3ccc4c(c3)OCO4)CC2)nc1)N1CC(C)OC(C)C1. The van der Waals surface area contributed by atoms with Crippen LogP contribution >= 0.6 is 0 Å². The van der Waals surface area contributed by atoms with Crippen molar-refractivity contribution >= 4 is 5.78 Å². The minimum Gasteiger partial charge on any atom is -0.496 e. The van der Waals surface area contributed by atoms with Crippen LogP contribution in [0.4, 0.5) is 0 Å². The molecule has 7 heteroatoms. The van der Waals surface area contributed by atoms with Gasteiger partial charge in [-0.05, 0) is 62.1 Å². The average molecular weight is 515 g/mol. The second kappa shape index (κ2) is 10.0. The van der Waals surface area contributed by atoms with Crippen LogP contribution in [0, 0.1) is 0 Å². The van der Waals surface area contributed by atoms with E-state index in [0.29, 0.717) is 6.42 Å². The number of Topliss-reactive ketones (excluding diaryl/α,β-unsaturated/α-hetero) is 1. The van der Waals surface area contributed by atoms with Crippen molar-refractivity contribution in [3.63, 3.8) is 0 Å². The van der Waals surface area contributed by atoms with Gasteiger partial charge in [0.2, 0.25) is 6.79 Å². The molecular weight excluding hydrogens is 480 g/mol. The van der Waals surface area contributed by atoms with Crippen LogP contribution in [0.15, 0.2) is 60.8 Å². The Balaban J connectivity index is 1.25. The number of ether oxygens (including phenoxy) is 4. The molecule has 198 valence electrons. The number of morpholine rings is 1. The van der Waals surface area contributed by atoms with Gasteiger partial charge in [-0.3, -0.25) is 14.7 Å². The van der Waals surface area contributed by atoms with E-state index in [1.165, 1.54) is 0 Å². The van der Waals surface area contributed by atoms with Crippen LogP contribution in [0.1, 0.15) is 55.1 Å². The molecule has 0 bridgehead atoms. The van der Waals surface area contributed by atoms with Crippen molar-refractivity contribution < 1.29 is 23.7 Å². The molecule has 0 N–H and O–H groups in total. The van der Waals surface area contributed by atoms with Crippen LogP contribution in [-0.2, 0) is 21.4 Å². The smallest absolute Gasteiger partial charge is 0.231 e. The lowest BCUT2D eigenvalue weighted by molar-refractivity contribution is -0.120. The molecule has 3 heterocycles. The number of methoxy groups -OCH3 is 1. The average Bonchev–Trinajstić information content (AvgIpc) is 3.60. The number of hydrogen-bond donors (Lipinski definition) is 0. The Bertz CT molecular complexity index is 1310. The van der Waals surface area contributed by atoms with Gasteiger partial charge in [0.25, 0.3) is 0 Å². The van der Waals surface area contributed by atoms with Crippen molar-refractivity contribution in [2.75, 3.05) is 27.0 Å². The summed E-state index contributed by atoms with van der Waals surface area (Å²) in [5, 5.41) is 0. The summed E-state index contributed by atoms with van der Waals surface area (Å²) in [4.78, 5) is 20.7. The van der Waals surface area contributed by atoms with Crippen LogP contribution < -0.4 is 14.2 Å². The standard InChI is InChI=1S/C31H34N2O5/c1-20-17-33(18-21(2)38-20)30(25-6-4-5-7-26(25)35-3)22-8-10-24(32-16-22)15-29(34)31(12-13-31)23-9-11-27-28(14-23)37-19-36-27/h4-11,14,16,20-21,30H,12-13,15,17-19H2,1-3H3. The first-order valence-electron chi connectivity index (χ1n) is 13.4. The fourth-order valence-corrected chi connectivity index (χ4v) is 5.99. The third kappa shape index (κ3) is 4.65. The van der Waals surface area contributed by atoms with Crippen LogP contribution in [0.3, 0.4) is 0 Å². The van der Waals surface area contributed by atoms with E-state index in [1.54, 1.807) is 7.11 Å². The van der Waals surface area contributed by atoms with Gasteiger partial charge in [-0.25, -0.2) is 0 Å². The van der Waals surface area contributed by atoms with E-state index in [4.69, 9.17) is 23.9 Å². The Kier molecular flexibility index (Phi) is 6.58. The largest absolute Gasteiger partial charge is 0.496 e. The molecule has 3 unspecified atom stereocenters. The lowest BCUT2D eigenvalue weighted by Gasteiger charge is -2.40. The fraction of sp³-hybridized carbons (Fsp3) is 0.419. The molecule has 1 aliphatic carbocycles. The maximum atomic E-state index is 13.5. The molecule has 1 saturated carbocycles. The third-order valence-corrected chi connectivity index (χ3v) is 7.96. The fourth-order valence-electron chi connectivity index (χ4n) is 5.99. The maximum Gasteiger partial charge on any atom is 0.231 e. The molecule has 0 amide bonds. The predicted molar refractivity (Wildman–Crippen MR) is 143 cm³/mol. The number of ketones is 1. The summed E-state index contributed by atoms with van der Waals surface area (Å²) in [5.41, 5.74) is 3.52. The van der Waals surface area contributed by atoms with Crippen molar-refractivity contribution in [2.45, 2.75) is 56.8 Å². The van der Waals surface area contributed by atoms with E-state index in [2.05, 4.69) is 30.9 Å². The molecule has 3 atom stereocenters. The zero-order valence-electron chi connectivity index (χ0n) is 22.2. The normalized spacial score (nSPS) is 22.6. The molecule has 1 aromatic heterocycles. The Labute approximate surface area is 223 Å². The Morgan fingerprint density at radius 2 is 1.82 bits per heavy atom. The summed E-state index contributed by atoms with van der Waals surface area (Å²) in [6.45, 7) is 6.08. The van der Waals surface area contributed by atoms with Gasteiger partial charge in [0.15, 0.2) is 11.5 Å². The molecule has 7 nitrogen and oxygen atoms in total. The number of para-hydroxylation sites is 1. The first-order chi connectivity index (χ1) is 18.5. The maximum absolute atomic E-state index is 13.5. The van der Waals surface area contributed by atoms with Crippen molar-refractivity contribution in [1.29, 1.82) is 0 Å². The minimum absolute atomic E-state index is 0.0272. The van der Waals surface area contributed by atoms with E-state index in [-0.39, 0.29) is 30.8 Å². The molecule has 2 aliphatic heterocycles. The van der Waals surface area contributed by atoms with Gasteiger partial charge in [0.05, 0.1) is 30.8 Å². The molecule has 2 fully saturated rings. The first kappa shape index (κ1) is 24.9. The van der Waals surface area contributed by atoms with Gasteiger partial charge in [-0.2, -0.15) is 0 Å². The van der Waals surface area contributed by atoms with Gasteiger partial charge < -0.3 is 18.9 Å². The van der Waals surface area contributed by atoms with Crippen molar-refractivity contribution in [2.24, 2.45) is 0 Å². The van der Waals surface area contributed by atoms with E-state index in [0.717, 1.165) is 65.6 Å². The summed E-state index contributed by atoms with van der Waals surface area (Å²) in [6.07, 6.45) is 4.20. The van der Waals surface area contributed by atoms with Gasteiger partial charge in [0, 0.05) is 37.0 Å². The molecule has 1 saturated heterocycles. The highest BCUT2D eigenvalue weighted by Gasteiger charge is 2.51. The second-order valence-corrected chi connectivity index (χ2v) is 10.7. The highest BCUT2D eigenvalue weighted by molar-refractivity contribution is 5.94. The van der Waals surface area contributed by atoms with E-state index >= 15 is 0 Å². The summed E-state index contributed by atoms with van der Waals surface area (Å²) < 4.78 is 22.7. The summed E-state index contributed by atoms with van der Waals surface area (Å²) in [5.74, 6) is 2.51. The number of rotatable bonds is 8. The molecule has 3 aliphatic rings. The lowest BCUT2D eigenvalue weighted by atomic mass is 9.88. The summed E-state index contributed by atoms with van der Waals surface area (Å²) in [7, 11) is 1.71. The Hall–Kier alpha value is -3.42. The Morgan fingerprint density at radius 3 is 2.53 bits per heavy atom. The number of hydrogen-bond acceptors (Lipinski definition) is 7. The molecule has 0 spiro atoms. The Morgan fingerprint density at radius 1 is 1.05 bits per heavy atom. The highest BCUT2D eigenvalue weighted by Crippen LogP contribution is 2.51. The molecule has 2 aromatic carbocycles. The molecule has 38 heavy (non-hydrogen) atoms. The van der Waals surface area contributed by atoms with Crippen LogP contribution in [0.25, 0.3) is 0 Å². The summed E-state index contributed by atoms with van der Waals surface area (Å²) >= 11 is 0. The van der Waals surface area contributed by atoms with Crippen LogP contribution in [0.5, 0.6) is 17.2 Å². The zero-order valence-corrected chi connectivity index (χ0v) is 22.2. The third-order valence-electron chi connectivity index (χ3n) is 7.96. The monoisotopic (exact) mass is 514 g/mol. The first-order valence-corrected chi connectivity index (χ1v) is 13.4. The number of carbonyl (C=O) groups excluding carboxylic acids is 1. The van der Waals surface area contributed by atoms with Gasteiger partial charge in [-0.1, -0.05) is 30.3 Å². The van der Waals surface area contributed by atoms with Crippen LogP contribution in [0.2, 0.25) is 0 Å². The molecule has 0 radical (unpaired) electrons. The number of benzene rings is 2. The van der Waals surface area contributed by atoms with Gasteiger partial charge in [-0.15, -0.1) is 0 Å². The topological polar surface area (TPSA) is 70.1 Å². The summed E-state index contributed by atoms with van der Waals surface area (Å²) in [6, 6.07) is 18.1. The van der Waals surface area contributed by atoms with Crippen molar-refractivity contribution in [1.82, 2.24) is 9.88 Å². The second-order valence-electron chi connectivity index (χ2n) is 10.7. The van der Waals surface area contributed by atoms with E-state index in [9.17, 15) is 4.79 Å². The lowest BCUT2D eigenvalue weighted by Crippen LogP contribution is -2.47. The van der Waals surface area contributed by atoms with Gasteiger partial charge >= 0.3 is 0 Å². The molecular formula is C31H34N2O5. The van der Waals surface area contributed by atoms with Crippen molar-refractivity contribution in [3.8, 4) is 17.2 Å². The van der Waals surface area contributed by atoms with Crippen LogP contribution in [-0.4, -0.2) is 54.9 Å². The minimum atomic E-state index is -0.443. The number of pyridine rings is 1. The quantitative estimate of drug-likeness (QED) is 0.425. The zero-order chi connectivity index (χ0) is 26.3. The number of fused-ring (bicyclic) bond motifs is 1. The number of carbonyl (C=O) groups is 1. The van der Waals surface area contributed by atoms with E-state index in [1.807, 2.05) is 48.7 Å². The number of aromatic nitrogens is 1. The highest BCUT2D eigenvalue weighted by atomic mass is 16.7.